The van der Waals surface area contributed by atoms with Crippen LogP contribution in [0, 0.1) is 19.7 Å². The topological polar surface area (TPSA) is 33.1 Å². The number of nitrogens with one attached hydrogen (secondary N) is 1. The van der Waals surface area contributed by atoms with Crippen LogP contribution in [0.5, 0.6) is 0 Å². The highest BCUT2D eigenvalue weighted by molar-refractivity contribution is 7.80. The molecule has 1 aliphatic heterocycles. The number of benzene rings is 2. The van der Waals surface area contributed by atoms with E-state index in [0.29, 0.717) is 5.11 Å². The maximum absolute atomic E-state index is 13.5. The molecule has 5 rings (SSSR count). The van der Waals surface area contributed by atoms with Crippen LogP contribution in [0.1, 0.15) is 34.7 Å². The average Bonchev–Trinajstić information content (AvgIpc) is 3.31. The van der Waals surface area contributed by atoms with Crippen LogP contribution >= 0.6 is 12.2 Å². The minimum Gasteiger partial charge on any atom is -0.351 e. The Kier molecular flexibility index (Phi) is 5.23. The Labute approximate surface area is 192 Å². The fraction of sp³-hybridized carbons (Fsp3) is 0.154. The molecule has 1 saturated heterocycles. The van der Waals surface area contributed by atoms with E-state index in [1.807, 2.05) is 54.7 Å². The monoisotopic (exact) mass is 442 g/mol. The van der Waals surface area contributed by atoms with Gasteiger partial charge in [0.1, 0.15) is 5.82 Å². The molecule has 0 bridgehead atoms. The largest absolute Gasteiger partial charge is 0.351 e. The fourth-order valence-corrected chi connectivity index (χ4v) is 4.96. The van der Waals surface area contributed by atoms with Gasteiger partial charge in [0.25, 0.3) is 0 Å². The summed E-state index contributed by atoms with van der Waals surface area (Å²) in [5.41, 5.74) is 6.22. The quantitative estimate of drug-likeness (QED) is 0.405. The second-order valence-corrected chi connectivity index (χ2v) is 8.36. The maximum atomic E-state index is 13.5. The van der Waals surface area contributed by atoms with Gasteiger partial charge in [0, 0.05) is 29.0 Å². The third kappa shape index (κ3) is 3.46. The molecule has 2 atom stereocenters. The third-order valence-electron chi connectivity index (χ3n) is 6.01. The highest BCUT2D eigenvalue weighted by Gasteiger charge is 2.42. The number of anilines is 1. The number of aromatic nitrogens is 2. The van der Waals surface area contributed by atoms with Crippen molar-refractivity contribution in [3.05, 3.63) is 114 Å². The summed E-state index contributed by atoms with van der Waals surface area (Å²) in [5, 5.41) is 4.18. The van der Waals surface area contributed by atoms with E-state index in [-0.39, 0.29) is 17.9 Å². The van der Waals surface area contributed by atoms with Gasteiger partial charge < -0.3 is 14.8 Å². The zero-order chi connectivity index (χ0) is 22.2. The van der Waals surface area contributed by atoms with Gasteiger partial charge in [-0.05, 0) is 86.2 Å². The van der Waals surface area contributed by atoms with E-state index in [1.165, 1.54) is 12.1 Å². The summed E-state index contributed by atoms with van der Waals surface area (Å²) in [5.74, 6) is -0.243. The van der Waals surface area contributed by atoms with Crippen molar-refractivity contribution in [3.8, 4) is 5.69 Å². The van der Waals surface area contributed by atoms with Crippen molar-refractivity contribution >= 4 is 23.0 Å². The molecule has 1 N–H and O–H groups in total. The van der Waals surface area contributed by atoms with Crippen molar-refractivity contribution in [2.24, 2.45) is 0 Å². The molecular formula is C26H23FN4S. The van der Waals surface area contributed by atoms with Gasteiger partial charge in [-0.15, -0.1) is 0 Å². The summed E-state index contributed by atoms with van der Waals surface area (Å²) in [6, 6.07) is 24.7. The Bertz CT molecular complexity index is 1250. The molecule has 0 radical (unpaired) electrons. The lowest BCUT2D eigenvalue weighted by molar-refractivity contribution is 0.565. The van der Waals surface area contributed by atoms with E-state index in [4.69, 9.17) is 12.2 Å². The number of halogens is 1. The molecule has 1 aliphatic rings. The van der Waals surface area contributed by atoms with Gasteiger partial charge in [0.2, 0.25) is 0 Å². The number of hydrogen-bond acceptors (Lipinski definition) is 2. The number of thiocarbonyl (C=S) groups is 1. The molecule has 6 heteroatoms. The second kappa shape index (κ2) is 8.20. The molecule has 4 aromatic rings. The minimum atomic E-state index is -0.243. The smallest absolute Gasteiger partial charge is 0.174 e. The first kappa shape index (κ1) is 20.4. The Morgan fingerprint density at radius 2 is 1.62 bits per heavy atom. The molecule has 1 fully saturated rings. The summed E-state index contributed by atoms with van der Waals surface area (Å²) >= 11 is 5.81. The lowest BCUT2D eigenvalue weighted by Crippen LogP contribution is -2.29. The van der Waals surface area contributed by atoms with Crippen LogP contribution in [0.2, 0.25) is 0 Å². The molecule has 0 aliphatic carbocycles. The van der Waals surface area contributed by atoms with Crippen molar-refractivity contribution < 1.29 is 4.39 Å². The highest BCUT2D eigenvalue weighted by Crippen LogP contribution is 2.43. The number of para-hydroxylation sites is 1. The second-order valence-electron chi connectivity index (χ2n) is 7.97. The average molecular weight is 443 g/mol. The van der Waals surface area contributed by atoms with Crippen LogP contribution in [0.4, 0.5) is 10.1 Å². The standard InChI is InChI=1S/C26H23FN4S/c1-17-16-22(18(2)30(17)21-13-11-19(27)12-14-21)25-24(23-10-6-7-15-28-23)29-26(32)31(25)20-8-4-3-5-9-20/h3-16,24-25H,1-2H3,(H,29,32)/t24-,25-/m0/s1. The normalized spacial score (nSPS) is 18.1. The summed E-state index contributed by atoms with van der Waals surface area (Å²) < 4.78 is 15.7. The van der Waals surface area contributed by atoms with E-state index >= 15 is 0 Å². The third-order valence-corrected chi connectivity index (χ3v) is 6.32. The molecule has 0 saturated carbocycles. The van der Waals surface area contributed by atoms with Gasteiger partial charge in [-0.1, -0.05) is 24.3 Å². The molecule has 2 aromatic heterocycles. The number of rotatable bonds is 4. The van der Waals surface area contributed by atoms with Crippen molar-refractivity contribution in [1.29, 1.82) is 0 Å². The van der Waals surface area contributed by atoms with Gasteiger partial charge in [-0.3, -0.25) is 4.98 Å². The molecule has 0 unspecified atom stereocenters. The minimum absolute atomic E-state index is 0.0831. The van der Waals surface area contributed by atoms with E-state index in [0.717, 1.165) is 34.0 Å². The number of pyridine rings is 1. The van der Waals surface area contributed by atoms with Gasteiger partial charge in [-0.2, -0.15) is 0 Å². The Hall–Kier alpha value is -3.51. The summed E-state index contributed by atoms with van der Waals surface area (Å²) in [7, 11) is 0. The first-order valence-corrected chi connectivity index (χ1v) is 11.0. The number of aryl methyl sites for hydroxylation is 1. The van der Waals surface area contributed by atoms with E-state index in [2.05, 4.69) is 51.8 Å². The number of hydrogen-bond donors (Lipinski definition) is 1. The fourth-order valence-electron chi connectivity index (χ4n) is 4.61. The van der Waals surface area contributed by atoms with E-state index in [9.17, 15) is 4.39 Å². The van der Waals surface area contributed by atoms with Crippen molar-refractivity contribution in [1.82, 2.24) is 14.9 Å². The SMILES string of the molecule is Cc1cc([C@H]2[C@H](c3ccccn3)NC(=S)N2c2ccccc2)c(C)n1-c1ccc(F)cc1. The summed E-state index contributed by atoms with van der Waals surface area (Å²) in [4.78, 5) is 6.80. The molecule has 0 spiro atoms. The molecule has 2 aromatic carbocycles. The van der Waals surface area contributed by atoms with Crippen LogP contribution in [-0.4, -0.2) is 14.7 Å². The Morgan fingerprint density at radius 1 is 0.906 bits per heavy atom. The first-order valence-electron chi connectivity index (χ1n) is 10.5. The van der Waals surface area contributed by atoms with Crippen molar-refractivity contribution in [2.75, 3.05) is 4.90 Å². The van der Waals surface area contributed by atoms with Crippen LogP contribution in [0.15, 0.2) is 85.1 Å². The van der Waals surface area contributed by atoms with Gasteiger partial charge in [0.15, 0.2) is 5.11 Å². The molecule has 32 heavy (non-hydrogen) atoms. The Balaban J connectivity index is 1.67. The first-order chi connectivity index (χ1) is 15.5. The number of nitrogens with zero attached hydrogens (tertiary/aromatic N) is 3. The van der Waals surface area contributed by atoms with Crippen LogP contribution in [0.3, 0.4) is 0 Å². The van der Waals surface area contributed by atoms with Crippen LogP contribution in [-0.2, 0) is 0 Å². The Morgan fingerprint density at radius 3 is 2.31 bits per heavy atom. The van der Waals surface area contributed by atoms with E-state index in [1.54, 1.807) is 0 Å². The maximum Gasteiger partial charge on any atom is 0.174 e. The zero-order valence-electron chi connectivity index (χ0n) is 17.9. The molecular weight excluding hydrogens is 419 g/mol. The zero-order valence-corrected chi connectivity index (χ0v) is 18.7. The molecule has 4 nitrogen and oxygen atoms in total. The van der Waals surface area contributed by atoms with Crippen molar-refractivity contribution in [2.45, 2.75) is 25.9 Å². The summed E-state index contributed by atoms with van der Waals surface area (Å²) in [6.45, 7) is 4.18. The van der Waals surface area contributed by atoms with Gasteiger partial charge in [0.05, 0.1) is 17.8 Å². The molecule has 0 amide bonds. The lowest BCUT2D eigenvalue weighted by Gasteiger charge is -2.28. The van der Waals surface area contributed by atoms with Crippen molar-refractivity contribution in [3.63, 3.8) is 0 Å². The molecule has 3 heterocycles. The van der Waals surface area contributed by atoms with Gasteiger partial charge in [-0.25, -0.2) is 4.39 Å². The highest BCUT2D eigenvalue weighted by atomic mass is 32.1. The predicted molar refractivity (Wildman–Crippen MR) is 130 cm³/mol. The van der Waals surface area contributed by atoms with E-state index < -0.39 is 0 Å². The molecule has 160 valence electrons. The van der Waals surface area contributed by atoms with Gasteiger partial charge >= 0.3 is 0 Å². The summed E-state index contributed by atoms with van der Waals surface area (Å²) in [6.07, 6.45) is 1.81. The predicted octanol–water partition coefficient (Wildman–Crippen LogP) is 5.81. The lowest BCUT2D eigenvalue weighted by atomic mass is 9.96. The van der Waals surface area contributed by atoms with Crippen LogP contribution in [0.25, 0.3) is 5.69 Å². The van der Waals surface area contributed by atoms with Crippen LogP contribution < -0.4 is 10.2 Å².